The predicted molar refractivity (Wildman–Crippen MR) is 131 cm³/mol. The number of aliphatic carboxylic acids is 1. The number of aromatic nitrogens is 2. The van der Waals surface area contributed by atoms with E-state index in [4.69, 9.17) is 5.14 Å². The lowest BCUT2D eigenvalue weighted by molar-refractivity contribution is -0.161. The number of hydrogen-bond acceptors (Lipinski definition) is 9. The number of nitrogens with zero attached hydrogens (tertiary/aromatic N) is 4. The van der Waals surface area contributed by atoms with Gasteiger partial charge in [-0.15, -0.1) is 11.8 Å². The first kappa shape index (κ1) is 26.3. The fourth-order valence-corrected chi connectivity index (χ4v) is 6.71. The Balaban J connectivity index is 1.65. The lowest BCUT2D eigenvalue weighted by Crippen LogP contribution is -2.71. The summed E-state index contributed by atoms with van der Waals surface area (Å²) in [6.45, 7) is 3.35. The van der Waals surface area contributed by atoms with Gasteiger partial charge in [-0.1, -0.05) is 30.3 Å². The molecular formula is C21H23N7O7S2. The van der Waals surface area contributed by atoms with Gasteiger partial charge >= 0.3 is 22.2 Å². The summed E-state index contributed by atoms with van der Waals surface area (Å²) in [6.07, 6.45) is 2.62. The molecule has 0 bridgehead atoms. The molecule has 2 saturated heterocycles. The van der Waals surface area contributed by atoms with E-state index in [1.54, 1.807) is 19.9 Å². The molecule has 0 spiro atoms. The second kappa shape index (κ2) is 9.60. The van der Waals surface area contributed by atoms with Crippen LogP contribution in [0.5, 0.6) is 0 Å². The molecule has 1 unspecified atom stereocenters. The Morgan fingerprint density at radius 2 is 1.78 bits per heavy atom. The minimum Gasteiger partial charge on any atom is -0.480 e. The molecule has 5 N–H and O–H groups in total. The number of benzene rings is 1. The van der Waals surface area contributed by atoms with Crippen molar-refractivity contribution in [1.82, 2.24) is 24.5 Å². The van der Waals surface area contributed by atoms with Gasteiger partial charge in [-0.05, 0) is 25.5 Å². The Hall–Kier alpha value is -3.76. The SMILES string of the molecule is CC1(C)S[C@@H]2[C@H](NC(=O)C(c3ccccc3)N(C(=O)Nc3ncccn3)S(N)(=O)=O)C(=O)N2[C@H]1C(=O)O. The van der Waals surface area contributed by atoms with Crippen LogP contribution >= 0.6 is 11.8 Å². The first-order valence-electron chi connectivity index (χ1n) is 10.8. The average molecular weight is 550 g/mol. The van der Waals surface area contributed by atoms with Crippen molar-refractivity contribution in [1.29, 1.82) is 0 Å². The topological polar surface area (TPSA) is 205 Å². The minimum atomic E-state index is -4.84. The van der Waals surface area contributed by atoms with Crippen LogP contribution in [0.15, 0.2) is 48.8 Å². The van der Waals surface area contributed by atoms with Crippen molar-refractivity contribution in [3.8, 4) is 0 Å². The quantitative estimate of drug-likeness (QED) is 0.337. The second-order valence-electron chi connectivity index (χ2n) is 8.74. The third-order valence-electron chi connectivity index (χ3n) is 5.83. The number of carbonyl (C=O) groups excluding carboxylic acids is 3. The molecule has 0 radical (unpaired) electrons. The highest BCUT2D eigenvalue weighted by Crippen LogP contribution is 2.50. The molecule has 14 nitrogen and oxygen atoms in total. The number of rotatable bonds is 7. The van der Waals surface area contributed by atoms with Gasteiger partial charge in [0.2, 0.25) is 17.8 Å². The molecule has 16 heteroatoms. The van der Waals surface area contributed by atoms with Gasteiger partial charge in [-0.25, -0.2) is 24.7 Å². The summed E-state index contributed by atoms with van der Waals surface area (Å²) < 4.78 is 24.5. The summed E-state index contributed by atoms with van der Waals surface area (Å²) >= 11 is 1.19. The van der Waals surface area contributed by atoms with Crippen molar-refractivity contribution < 1.29 is 32.7 Å². The number of β-lactam (4-membered cyclic amide) rings is 1. The van der Waals surface area contributed by atoms with Gasteiger partial charge < -0.3 is 15.3 Å². The number of carboxylic acid groups (broad SMARTS) is 1. The molecule has 2 aliphatic heterocycles. The molecule has 0 saturated carbocycles. The molecule has 0 aliphatic carbocycles. The van der Waals surface area contributed by atoms with Crippen molar-refractivity contribution in [3.05, 3.63) is 54.4 Å². The Labute approximate surface area is 215 Å². The van der Waals surface area contributed by atoms with Crippen molar-refractivity contribution in [2.75, 3.05) is 5.32 Å². The number of amides is 4. The molecule has 1 aromatic carbocycles. The Morgan fingerprint density at radius 1 is 1.16 bits per heavy atom. The Kier molecular flexibility index (Phi) is 6.83. The normalized spacial score (nSPS) is 22.8. The second-order valence-corrected chi connectivity index (χ2v) is 11.9. The van der Waals surface area contributed by atoms with E-state index >= 15 is 0 Å². The summed E-state index contributed by atoms with van der Waals surface area (Å²) in [5.74, 6) is -3.07. The van der Waals surface area contributed by atoms with Crippen molar-refractivity contribution in [3.63, 3.8) is 0 Å². The Morgan fingerprint density at radius 3 is 2.35 bits per heavy atom. The molecular weight excluding hydrogens is 526 g/mol. The third-order valence-corrected chi connectivity index (χ3v) is 8.33. The summed E-state index contributed by atoms with van der Waals surface area (Å²) in [4.78, 5) is 60.0. The zero-order chi connectivity index (χ0) is 27.1. The van der Waals surface area contributed by atoms with Crippen LogP contribution in [-0.2, 0) is 24.6 Å². The van der Waals surface area contributed by atoms with Crippen molar-refractivity contribution in [2.24, 2.45) is 5.14 Å². The number of nitrogens with one attached hydrogen (secondary N) is 2. The van der Waals surface area contributed by atoms with Crippen LogP contribution in [0.1, 0.15) is 25.5 Å². The number of fused-ring (bicyclic) bond motifs is 1. The van der Waals surface area contributed by atoms with E-state index in [1.165, 1.54) is 59.4 Å². The van der Waals surface area contributed by atoms with Crippen LogP contribution in [0.2, 0.25) is 0 Å². The van der Waals surface area contributed by atoms with E-state index in [0.717, 1.165) is 0 Å². The number of anilines is 1. The fraction of sp³-hybridized carbons (Fsp3) is 0.333. The lowest BCUT2D eigenvalue weighted by Gasteiger charge is -2.44. The number of thioether (sulfide) groups is 1. The maximum absolute atomic E-state index is 13.5. The highest BCUT2D eigenvalue weighted by molar-refractivity contribution is 8.01. The molecule has 196 valence electrons. The summed E-state index contributed by atoms with van der Waals surface area (Å²) in [5.41, 5.74) is 0.0876. The molecule has 2 aliphatic rings. The summed E-state index contributed by atoms with van der Waals surface area (Å²) in [5, 5.41) is 18.9. The van der Waals surface area contributed by atoms with E-state index in [0.29, 0.717) is 0 Å². The van der Waals surface area contributed by atoms with Crippen molar-refractivity contribution >= 4 is 51.7 Å². The lowest BCUT2D eigenvalue weighted by atomic mass is 9.95. The third kappa shape index (κ3) is 4.94. The van der Waals surface area contributed by atoms with Crippen LogP contribution in [0.4, 0.5) is 10.7 Å². The molecule has 4 atom stereocenters. The van der Waals surface area contributed by atoms with Crippen LogP contribution in [-0.4, -0.2) is 78.7 Å². The average Bonchev–Trinajstić information content (AvgIpc) is 3.09. The van der Waals surface area contributed by atoms with Crippen LogP contribution < -0.4 is 15.8 Å². The van der Waals surface area contributed by atoms with Gasteiger partial charge in [0.25, 0.3) is 0 Å². The number of hydrogen-bond donors (Lipinski definition) is 4. The number of carbonyl (C=O) groups is 4. The van der Waals surface area contributed by atoms with E-state index in [-0.39, 0.29) is 15.8 Å². The summed E-state index contributed by atoms with van der Waals surface area (Å²) in [7, 11) is -4.84. The van der Waals surface area contributed by atoms with E-state index in [1.807, 2.05) is 0 Å². The van der Waals surface area contributed by atoms with Gasteiger partial charge in [0.1, 0.15) is 17.5 Å². The predicted octanol–water partition coefficient (Wildman–Crippen LogP) is -0.113. The van der Waals surface area contributed by atoms with Gasteiger partial charge in [0.15, 0.2) is 6.04 Å². The van der Waals surface area contributed by atoms with Crippen molar-refractivity contribution in [2.45, 2.75) is 42.1 Å². The van der Waals surface area contributed by atoms with Gasteiger partial charge in [0, 0.05) is 17.1 Å². The highest BCUT2D eigenvalue weighted by atomic mass is 32.2. The number of urea groups is 1. The molecule has 2 aromatic rings. The van der Waals surface area contributed by atoms with Crippen LogP contribution in [0.25, 0.3) is 0 Å². The maximum Gasteiger partial charge on any atom is 0.339 e. The smallest absolute Gasteiger partial charge is 0.339 e. The number of nitrogens with two attached hydrogens (primary N) is 1. The fourth-order valence-electron chi connectivity index (χ4n) is 4.30. The minimum absolute atomic E-state index is 0.0876. The van der Waals surface area contributed by atoms with E-state index in [2.05, 4.69) is 20.6 Å². The first-order chi connectivity index (χ1) is 17.3. The zero-order valence-electron chi connectivity index (χ0n) is 19.5. The standard InChI is InChI=1S/C21H23N7O7S2/c1-21(2)14(18(31)32)27-16(30)12(17(27)36-21)25-15(29)13(11-7-4-3-5-8-11)28(37(22,34)35)20(33)26-19-23-9-6-10-24-19/h3-10,12-14,17H,1-2H3,(H,25,29)(H,31,32)(H2,22,34,35)(H,23,24,26,33)/t12-,13?,14+,17-/m1/s1. The molecule has 4 rings (SSSR count). The maximum atomic E-state index is 13.5. The molecule has 1 aromatic heterocycles. The number of carboxylic acids is 1. The van der Waals surface area contributed by atoms with Crippen LogP contribution in [0.3, 0.4) is 0 Å². The monoisotopic (exact) mass is 549 g/mol. The molecule has 37 heavy (non-hydrogen) atoms. The molecule has 2 fully saturated rings. The summed E-state index contributed by atoms with van der Waals surface area (Å²) in [6, 6.07) is 3.61. The molecule has 4 amide bonds. The highest BCUT2D eigenvalue weighted by Gasteiger charge is 2.64. The molecule has 3 heterocycles. The van der Waals surface area contributed by atoms with E-state index < -0.39 is 62.3 Å². The Bertz CT molecular complexity index is 1340. The van der Waals surface area contributed by atoms with Gasteiger partial charge in [-0.3, -0.25) is 14.9 Å². The van der Waals surface area contributed by atoms with Gasteiger partial charge in [0.05, 0.1) is 0 Å². The zero-order valence-corrected chi connectivity index (χ0v) is 21.1. The van der Waals surface area contributed by atoms with E-state index in [9.17, 15) is 32.7 Å². The van der Waals surface area contributed by atoms with Crippen LogP contribution in [0, 0.1) is 0 Å². The first-order valence-corrected chi connectivity index (χ1v) is 13.2. The largest absolute Gasteiger partial charge is 0.480 e. The van der Waals surface area contributed by atoms with Gasteiger partial charge in [-0.2, -0.15) is 12.7 Å².